The van der Waals surface area contributed by atoms with Crippen molar-refractivity contribution >= 4 is 11.7 Å². The second-order valence-electron chi connectivity index (χ2n) is 3.05. The molecule has 1 rings (SSSR count). The van der Waals surface area contributed by atoms with Crippen molar-refractivity contribution in [1.82, 2.24) is 4.98 Å². The van der Waals surface area contributed by atoms with Gasteiger partial charge in [-0.2, -0.15) is 13.2 Å². The smallest absolute Gasteiger partial charge is 0.370 e. The zero-order valence-electron chi connectivity index (χ0n) is 8.21. The van der Waals surface area contributed by atoms with Crippen LogP contribution >= 0.6 is 0 Å². The Morgan fingerprint density at radius 2 is 2.12 bits per heavy atom. The van der Waals surface area contributed by atoms with Gasteiger partial charge in [0.2, 0.25) is 5.91 Å². The Balaban J connectivity index is 2.64. The second kappa shape index (κ2) is 4.82. The molecule has 0 aliphatic carbocycles. The number of amides is 1. The fourth-order valence-corrected chi connectivity index (χ4v) is 1.00. The predicted molar refractivity (Wildman–Crippen MR) is 51.5 cm³/mol. The molecule has 0 fully saturated rings. The van der Waals surface area contributed by atoms with Crippen LogP contribution in [0.4, 0.5) is 19.0 Å². The Morgan fingerprint density at radius 1 is 1.44 bits per heavy atom. The summed E-state index contributed by atoms with van der Waals surface area (Å²) in [4.78, 5) is 13.8. The number of nitrogens with one attached hydrogen (secondary N) is 1. The molecule has 3 N–H and O–H groups in total. The Bertz CT molecular complexity index is 379. The Labute approximate surface area is 89.7 Å². The van der Waals surface area contributed by atoms with Gasteiger partial charge in [0.1, 0.15) is 11.5 Å². The van der Waals surface area contributed by atoms with Gasteiger partial charge in [0.15, 0.2) is 0 Å². The van der Waals surface area contributed by atoms with Gasteiger partial charge < -0.3 is 11.1 Å². The topological polar surface area (TPSA) is 68.0 Å². The van der Waals surface area contributed by atoms with Crippen LogP contribution in [0.25, 0.3) is 0 Å². The maximum Gasteiger partial charge on any atom is 0.433 e. The maximum atomic E-state index is 12.3. The number of hydrogen-bond donors (Lipinski definition) is 2. The average Bonchev–Trinajstić information content (AvgIpc) is 2.16. The van der Waals surface area contributed by atoms with Crippen LogP contribution in [0.15, 0.2) is 18.2 Å². The number of hydrogen-bond acceptors (Lipinski definition) is 3. The number of nitrogens with two attached hydrogens (primary N) is 1. The van der Waals surface area contributed by atoms with Gasteiger partial charge in [-0.05, 0) is 12.1 Å². The van der Waals surface area contributed by atoms with Gasteiger partial charge >= 0.3 is 6.18 Å². The molecule has 0 bridgehead atoms. The molecular formula is C9H10F3N3O. The Kier molecular flexibility index (Phi) is 3.70. The molecule has 16 heavy (non-hydrogen) atoms. The number of alkyl halides is 3. The monoisotopic (exact) mass is 233 g/mol. The van der Waals surface area contributed by atoms with Crippen molar-refractivity contribution in [3.63, 3.8) is 0 Å². The van der Waals surface area contributed by atoms with Crippen LogP contribution in [0.2, 0.25) is 0 Å². The van der Waals surface area contributed by atoms with E-state index in [2.05, 4.69) is 10.3 Å². The lowest BCUT2D eigenvalue weighted by atomic mass is 10.3. The Hall–Kier alpha value is -1.79. The lowest BCUT2D eigenvalue weighted by molar-refractivity contribution is -0.141. The number of rotatable bonds is 4. The highest BCUT2D eigenvalue weighted by Crippen LogP contribution is 2.27. The molecule has 1 aromatic rings. The summed E-state index contributed by atoms with van der Waals surface area (Å²) in [6.07, 6.45) is -4.43. The minimum Gasteiger partial charge on any atom is -0.370 e. The molecule has 7 heteroatoms. The molecule has 1 heterocycles. The fraction of sp³-hybridized carbons (Fsp3) is 0.333. The van der Waals surface area contributed by atoms with Crippen LogP contribution in [0.3, 0.4) is 0 Å². The van der Waals surface area contributed by atoms with E-state index in [9.17, 15) is 18.0 Å². The lowest BCUT2D eigenvalue weighted by Crippen LogP contribution is -2.17. The molecule has 0 radical (unpaired) electrons. The number of carbonyl (C=O) groups is 1. The summed E-state index contributed by atoms with van der Waals surface area (Å²) in [7, 11) is 0. The van der Waals surface area contributed by atoms with E-state index in [-0.39, 0.29) is 18.8 Å². The first-order valence-corrected chi connectivity index (χ1v) is 4.46. The molecular weight excluding hydrogens is 223 g/mol. The third kappa shape index (κ3) is 3.76. The highest BCUT2D eigenvalue weighted by Gasteiger charge is 2.32. The molecule has 0 aliphatic rings. The molecule has 0 aromatic carbocycles. The first-order chi connectivity index (χ1) is 7.39. The summed E-state index contributed by atoms with van der Waals surface area (Å²) >= 11 is 0. The lowest BCUT2D eigenvalue weighted by Gasteiger charge is -2.08. The molecule has 0 unspecified atom stereocenters. The molecule has 4 nitrogen and oxygen atoms in total. The number of anilines is 1. The normalized spacial score (nSPS) is 11.2. The maximum absolute atomic E-state index is 12.3. The van der Waals surface area contributed by atoms with Crippen LogP contribution in [0, 0.1) is 0 Å². The standard InChI is InChI=1S/C9H10F3N3O/c10-9(11,12)6-2-1-3-8(15-6)14-5-4-7(13)16/h1-3H,4-5H2,(H2,13,16)(H,14,15). The van der Waals surface area contributed by atoms with Crippen LogP contribution in [-0.4, -0.2) is 17.4 Å². The molecule has 0 aliphatic heterocycles. The first kappa shape index (κ1) is 12.3. The quantitative estimate of drug-likeness (QED) is 0.825. The number of carbonyl (C=O) groups excluding carboxylic acids is 1. The number of primary amides is 1. The van der Waals surface area contributed by atoms with Crippen LogP contribution < -0.4 is 11.1 Å². The van der Waals surface area contributed by atoms with E-state index in [0.29, 0.717) is 0 Å². The summed E-state index contributed by atoms with van der Waals surface area (Å²) in [6, 6.07) is 3.50. The summed E-state index contributed by atoms with van der Waals surface area (Å²) in [5.41, 5.74) is 3.90. The van der Waals surface area contributed by atoms with Crippen LogP contribution in [0.5, 0.6) is 0 Å². The molecule has 0 spiro atoms. The SMILES string of the molecule is NC(=O)CCNc1cccc(C(F)(F)F)n1. The molecule has 88 valence electrons. The van der Waals surface area contributed by atoms with Gasteiger partial charge in [-0.3, -0.25) is 4.79 Å². The largest absolute Gasteiger partial charge is 0.433 e. The summed E-state index contributed by atoms with van der Waals surface area (Å²) in [5.74, 6) is -0.462. The fourth-order valence-electron chi connectivity index (χ4n) is 1.00. The minimum atomic E-state index is -4.47. The van der Waals surface area contributed by atoms with E-state index < -0.39 is 17.8 Å². The first-order valence-electron chi connectivity index (χ1n) is 4.46. The highest BCUT2D eigenvalue weighted by molar-refractivity contribution is 5.74. The minimum absolute atomic E-state index is 0.0396. The van der Waals surface area contributed by atoms with Crippen molar-refractivity contribution in [2.45, 2.75) is 12.6 Å². The number of aromatic nitrogens is 1. The van der Waals surface area contributed by atoms with Crippen molar-refractivity contribution in [2.24, 2.45) is 5.73 Å². The third-order valence-electron chi connectivity index (χ3n) is 1.72. The molecule has 0 saturated carbocycles. The van der Waals surface area contributed by atoms with Crippen LogP contribution in [-0.2, 0) is 11.0 Å². The zero-order valence-corrected chi connectivity index (χ0v) is 8.21. The average molecular weight is 233 g/mol. The predicted octanol–water partition coefficient (Wildman–Crippen LogP) is 1.39. The third-order valence-corrected chi connectivity index (χ3v) is 1.72. The zero-order chi connectivity index (χ0) is 12.2. The van der Waals surface area contributed by atoms with Crippen molar-refractivity contribution in [2.75, 3.05) is 11.9 Å². The summed E-state index contributed by atoms with van der Waals surface area (Å²) in [5, 5.41) is 2.58. The molecule has 1 aromatic heterocycles. The molecule has 1 amide bonds. The number of pyridine rings is 1. The van der Waals surface area contributed by atoms with Crippen LogP contribution in [0.1, 0.15) is 12.1 Å². The van der Waals surface area contributed by atoms with Gasteiger partial charge in [0.25, 0.3) is 0 Å². The van der Waals surface area contributed by atoms with E-state index in [4.69, 9.17) is 5.73 Å². The van der Waals surface area contributed by atoms with Crippen molar-refractivity contribution in [3.8, 4) is 0 Å². The van der Waals surface area contributed by atoms with E-state index >= 15 is 0 Å². The van der Waals surface area contributed by atoms with Gasteiger partial charge in [0, 0.05) is 13.0 Å². The van der Waals surface area contributed by atoms with E-state index in [0.717, 1.165) is 6.07 Å². The second-order valence-corrected chi connectivity index (χ2v) is 3.05. The van der Waals surface area contributed by atoms with Crippen molar-refractivity contribution in [3.05, 3.63) is 23.9 Å². The van der Waals surface area contributed by atoms with Gasteiger partial charge in [0.05, 0.1) is 0 Å². The Morgan fingerprint density at radius 3 is 2.69 bits per heavy atom. The van der Waals surface area contributed by atoms with Gasteiger partial charge in [-0.25, -0.2) is 4.98 Å². The summed E-state index contributed by atoms with van der Waals surface area (Å²) in [6.45, 7) is 0.156. The number of halogens is 3. The van der Waals surface area contributed by atoms with Gasteiger partial charge in [-0.1, -0.05) is 6.07 Å². The number of nitrogens with zero attached hydrogens (tertiary/aromatic N) is 1. The van der Waals surface area contributed by atoms with E-state index in [1.807, 2.05) is 0 Å². The van der Waals surface area contributed by atoms with E-state index in [1.54, 1.807) is 0 Å². The van der Waals surface area contributed by atoms with Gasteiger partial charge in [-0.15, -0.1) is 0 Å². The summed E-state index contributed by atoms with van der Waals surface area (Å²) < 4.78 is 36.8. The van der Waals surface area contributed by atoms with Crippen molar-refractivity contribution < 1.29 is 18.0 Å². The van der Waals surface area contributed by atoms with E-state index in [1.165, 1.54) is 12.1 Å². The van der Waals surface area contributed by atoms with Crippen molar-refractivity contribution in [1.29, 1.82) is 0 Å². The highest BCUT2D eigenvalue weighted by atomic mass is 19.4. The molecule has 0 saturated heterocycles. The molecule has 0 atom stereocenters.